The molecule has 10 aromatic rings. The van der Waals surface area contributed by atoms with Crippen LogP contribution in [0.5, 0.6) is 0 Å². The van der Waals surface area contributed by atoms with Crippen molar-refractivity contribution in [3.63, 3.8) is 0 Å². The van der Waals surface area contributed by atoms with E-state index in [-0.39, 0.29) is 0 Å². The zero-order valence-corrected chi connectivity index (χ0v) is 28.2. The van der Waals surface area contributed by atoms with Crippen molar-refractivity contribution in [2.75, 3.05) is 0 Å². The van der Waals surface area contributed by atoms with E-state index in [1.807, 2.05) is 30.5 Å². The van der Waals surface area contributed by atoms with Gasteiger partial charge in [-0.2, -0.15) is 0 Å². The molecule has 0 saturated heterocycles. The van der Waals surface area contributed by atoms with Gasteiger partial charge >= 0.3 is 0 Å². The van der Waals surface area contributed by atoms with Crippen LogP contribution in [-0.2, 0) is 0 Å². The number of hydrogen-bond acceptors (Lipinski definition) is 3. The number of aromatic nitrogens is 3. The number of nitrogens with zero attached hydrogens (tertiary/aromatic N) is 3. The van der Waals surface area contributed by atoms with Crippen LogP contribution in [0.25, 0.3) is 99.4 Å². The van der Waals surface area contributed by atoms with E-state index >= 15 is 0 Å². The topological polar surface area (TPSA) is 38.7 Å². The first-order chi connectivity index (χ1) is 25.8. The summed E-state index contributed by atoms with van der Waals surface area (Å²) in [5.74, 6) is 0.704. The number of pyridine rings is 1. The lowest BCUT2D eigenvalue weighted by Gasteiger charge is -2.13. The van der Waals surface area contributed by atoms with Gasteiger partial charge in [0.05, 0.1) is 16.9 Å². The van der Waals surface area contributed by atoms with E-state index in [4.69, 9.17) is 9.97 Å². The predicted octanol–water partition coefficient (Wildman–Crippen LogP) is 12.8. The molecule has 3 heteroatoms. The van der Waals surface area contributed by atoms with E-state index in [2.05, 4.69) is 163 Å². The molecule has 0 N–H and O–H groups in total. The molecule has 0 saturated carbocycles. The van der Waals surface area contributed by atoms with Crippen LogP contribution in [0.2, 0.25) is 0 Å². The molecule has 52 heavy (non-hydrogen) atoms. The molecule has 0 aliphatic rings. The van der Waals surface area contributed by atoms with Crippen LogP contribution in [0.15, 0.2) is 188 Å². The second-order valence-corrected chi connectivity index (χ2v) is 13.2. The molecule has 0 amide bonds. The molecule has 0 fully saturated rings. The SMILES string of the molecule is c1ccc(-c2nc(-c3ccc(-c4ccc5c6ccccc6c6ccccc6c5c4)cc3)cc(-c3ccc(-c4ccnc5ccccc45)cc3)n2)cc1. The zero-order valence-electron chi connectivity index (χ0n) is 28.2. The lowest BCUT2D eigenvalue weighted by atomic mass is 9.92. The Kier molecular flexibility index (Phi) is 7.14. The Balaban J connectivity index is 1.04. The van der Waals surface area contributed by atoms with Gasteiger partial charge in [-0.15, -0.1) is 0 Å². The van der Waals surface area contributed by atoms with Crippen LogP contribution in [0, 0.1) is 0 Å². The Labute approximate surface area is 301 Å². The molecule has 2 heterocycles. The average molecular weight is 662 g/mol. The Hall–Kier alpha value is -6.97. The smallest absolute Gasteiger partial charge is 0.160 e. The maximum atomic E-state index is 5.09. The van der Waals surface area contributed by atoms with E-state index in [1.165, 1.54) is 49.0 Å². The standard InChI is InChI=1S/C49H31N3/c1-2-10-36(11-3-1)49-51-47(31-48(52-49)35-24-20-33(21-25-35)38-28-29-50-46-17-9-8-16-44(38)46)34-22-18-32(19-23-34)37-26-27-43-41-14-5-4-12-39(41)40-13-6-7-15-42(40)45(43)30-37/h1-31H. The minimum Gasteiger partial charge on any atom is -0.256 e. The highest BCUT2D eigenvalue weighted by atomic mass is 14.9. The van der Waals surface area contributed by atoms with Gasteiger partial charge in [-0.3, -0.25) is 4.98 Å². The Morgan fingerprint density at radius 1 is 0.288 bits per heavy atom. The third kappa shape index (κ3) is 5.19. The summed E-state index contributed by atoms with van der Waals surface area (Å²) in [4.78, 5) is 14.7. The Morgan fingerprint density at radius 3 is 1.40 bits per heavy atom. The molecule has 242 valence electrons. The summed E-state index contributed by atoms with van der Waals surface area (Å²) in [7, 11) is 0. The molecule has 8 aromatic carbocycles. The third-order valence-electron chi connectivity index (χ3n) is 10.2. The van der Waals surface area contributed by atoms with Crippen molar-refractivity contribution >= 4 is 43.2 Å². The van der Waals surface area contributed by atoms with Crippen LogP contribution in [0.4, 0.5) is 0 Å². The fraction of sp³-hybridized carbons (Fsp3) is 0. The minimum absolute atomic E-state index is 0.704. The summed E-state index contributed by atoms with van der Waals surface area (Å²) in [5, 5.41) is 8.83. The molecule has 3 nitrogen and oxygen atoms in total. The Morgan fingerprint density at radius 2 is 0.769 bits per heavy atom. The molecule has 10 rings (SSSR count). The first kappa shape index (κ1) is 29.9. The van der Waals surface area contributed by atoms with Gasteiger partial charge in [0, 0.05) is 28.3 Å². The van der Waals surface area contributed by atoms with Crippen molar-refractivity contribution in [3.05, 3.63) is 188 Å². The van der Waals surface area contributed by atoms with Crippen molar-refractivity contribution in [1.82, 2.24) is 15.0 Å². The second kappa shape index (κ2) is 12.4. The average Bonchev–Trinajstić information content (AvgIpc) is 3.23. The minimum atomic E-state index is 0.704. The molecule has 0 atom stereocenters. The number of para-hydroxylation sites is 1. The van der Waals surface area contributed by atoms with Crippen LogP contribution in [0.3, 0.4) is 0 Å². The van der Waals surface area contributed by atoms with Gasteiger partial charge in [0.25, 0.3) is 0 Å². The van der Waals surface area contributed by atoms with Gasteiger partial charge in [-0.05, 0) is 78.8 Å². The van der Waals surface area contributed by atoms with Crippen LogP contribution in [-0.4, -0.2) is 15.0 Å². The highest BCUT2D eigenvalue weighted by molar-refractivity contribution is 6.25. The fourth-order valence-electron chi connectivity index (χ4n) is 7.55. The summed E-state index contributed by atoms with van der Waals surface area (Å²) in [6.07, 6.45) is 1.88. The highest BCUT2D eigenvalue weighted by Gasteiger charge is 2.13. The van der Waals surface area contributed by atoms with E-state index in [0.717, 1.165) is 44.5 Å². The van der Waals surface area contributed by atoms with Gasteiger partial charge in [0.15, 0.2) is 5.82 Å². The molecule has 0 radical (unpaired) electrons. The van der Waals surface area contributed by atoms with Crippen LogP contribution < -0.4 is 0 Å². The van der Waals surface area contributed by atoms with Crippen LogP contribution in [0.1, 0.15) is 0 Å². The third-order valence-corrected chi connectivity index (χ3v) is 10.2. The molecular formula is C49H31N3. The first-order valence-corrected chi connectivity index (χ1v) is 17.6. The monoisotopic (exact) mass is 661 g/mol. The highest BCUT2D eigenvalue weighted by Crippen LogP contribution is 2.38. The van der Waals surface area contributed by atoms with E-state index in [9.17, 15) is 0 Å². The molecule has 0 unspecified atom stereocenters. The summed E-state index contributed by atoms with van der Waals surface area (Å²) in [5.41, 5.74) is 10.5. The number of benzene rings is 8. The maximum absolute atomic E-state index is 5.09. The molecular weight excluding hydrogens is 631 g/mol. The first-order valence-electron chi connectivity index (χ1n) is 17.6. The summed E-state index contributed by atoms with van der Waals surface area (Å²) < 4.78 is 0. The molecule has 0 bridgehead atoms. The Bertz CT molecular complexity index is 2890. The van der Waals surface area contributed by atoms with Crippen molar-refractivity contribution in [1.29, 1.82) is 0 Å². The predicted molar refractivity (Wildman–Crippen MR) is 217 cm³/mol. The van der Waals surface area contributed by atoms with Crippen molar-refractivity contribution in [2.45, 2.75) is 0 Å². The van der Waals surface area contributed by atoms with Gasteiger partial charge in [0.2, 0.25) is 0 Å². The van der Waals surface area contributed by atoms with Crippen molar-refractivity contribution in [3.8, 4) is 56.2 Å². The second-order valence-electron chi connectivity index (χ2n) is 13.2. The van der Waals surface area contributed by atoms with Crippen molar-refractivity contribution < 1.29 is 0 Å². The summed E-state index contributed by atoms with van der Waals surface area (Å²) in [6.45, 7) is 0. The number of fused-ring (bicyclic) bond motifs is 7. The lowest BCUT2D eigenvalue weighted by Crippen LogP contribution is -1.96. The van der Waals surface area contributed by atoms with Gasteiger partial charge in [0.1, 0.15) is 0 Å². The van der Waals surface area contributed by atoms with E-state index in [1.54, 1.807) is 0 Å². The quantitative estimate of drug-likeness (QED) is 0.172. The van der Waals surface area contributed by atoms with Crippen LogP contribution >= 0.6 is 0 Å². The molecule has 2 aromatic heterocycles. The number of hydrogen-bond donors (Lipinski definition) is 0. The lowest BCUT2D eigenvalue weighted by molar-refractivity contribution is 1.18. The molecule has 0 aliphatic carbocycles. The molecule has 0 aliphatic heterocycles. The fourth-order valence-corrected chi connectivity index (χ4v) is 7.55. The summed E-state index contributed by atoms with van der Waals surface area (Å²) in [6, 6.07) is 64.4. The number of rotatable bonds is 5. The zero-order chi connectivity index (χ0) is 34.4. The van der Waals surface area contributed by atoms with Gasteiger partial charge in [-0.1, -0.05) is 158 Å². The van der Waals surface area contributed by atoms with Crippen molar-refractivity contribution in [2.24, 2.45) is 0 Å². The van der Waals surface area contributed by atoms with E-state index < -0.39 is 0 Å². The summed E-state index contributed by atoms with van der Waals surface area (Å²) >= 11 is 0. The normalized spacial score (nSPS) is 11.5. The van der Waals surface area contributed by atoms with Gasteiger partial charge in [-0.25, -0.2) is 9.97 Å². The molecule has 0 spiro atoms. The van der Waals surface area contributed by atoms with Gasteiger partial charge < -0.3 is 0 Å². The van der Waals surface area contributed by atoms with E-state index in [0.29, 0.717) is 5.82 Å². The largest absolute Gasteiger partial charge is 0.256 e. The maximum Gasteiger partial charge on any atom is 0.160 e.